The van der Waals surface area contributed by atoms with Gasteiger partial charge in [-0.3, -0.25) is 9.69 Å². The highest BCUT2D eigenvalue weighted by Crippen LogP contribution is 2.20. The lowest BCUT2D eigenvalue weighted by Gasteiger charge is -2.37. The number of carbonyl (C=O) groups excluding carboxylic acids is 1. The number of nitrogens with zero attached hydrogens (tertiary/aromatic N) is 5. The van der Waals surface area contributed by atoms with Crippen LogP contribution < -0.4 is 4.90 Å². The van der Waals surface area contributed by atoms with Gasteiger partial charge in [0.1, 0.15) is 12.1 Å². The summed E-state index contributed by atoms with van der Waals surface area (Å²) in [7, 11) is 0. The summed E-state index contributed by atoms with van der Waals surface area (Å²) < 4.78 is 5.39. The second-order valence-corrected chi connectivity index (χ2v) is 6.98. The Morgan fingerprint density at radius 3 is 2.48 bits per heavy atom. The first kappa shape index (κ1) is 18.1. The van der Waals surface area contributed by atoms with Gasteiger partial charge >= 0.3 is 0 Å². The van der Waals surface area contributed by atoms with E-state index in [1.165, 1.54) is 0 Å². The Labute approximate surface area is 150 Å². The third kappa shape index (κ3) is 4.27. The Balaban J connectivity index is 1.51. The zero-order chi connectivity index (χ0) is 17.8. The van der Waals surface area contributed by atoms with Crippen LogP contribution in [0.25, 0.3) is 0 Å². The average molecular weight is 347 g/mol. The number of hydrogen-bond donors (Lipinski definition) is 0. The van der Waals surface area contributed by atoms with Gasteiger partial charge in [0.15, 0.2) is 0 Å². The molecule has 0 saturated carbocycles. The topological polar surface area (TPSA) is 61.8 Å². The first-order valence-electron chi connectivity index (χ1n) is 9.19. The highest BCUT2D eigenvalue weighted by atomic mass is 16.5. The average Bonchev–Trinajstić information content (AvgIpc) is 2.65. The fourth-order valence-corrected chi connectivity index (χ4v) is 3.54. The van der Waals surface area contributed by atoms with Gasteiger partial charge in [-0.15, -0.1) is 0 Å². The molecule has 7 nitrogen and oxygen atoms in total. The molecule has 2 saturated heterocycles. The number of ether oxygens (including phenoxy) is 1. The van der Waals surface area contributed by atoms with E-state index in [-0.39, 0.29) is 11.9 Å². The van der Waals surface area contributed by atoms with E-state index in [0.717, 1.165) is 69.6 Å². The van der Waals surface area contributed by atoms with Crippen molar-refractivity contribution in [1.82, 2.24) is 19.8 Å². The van der Waals surface area contributed by atoms with Crippen LogP contribution in [0.4, 0.5) is 5.82 Å². The van der Waals surface area contributed by atoms with E-state index in [4.69, 9.17) is 4.74 Å². The van der Waals surface area contributed by atoms with Crippen molar-refractivity contribution in [2.75, 3.05) is 57.4 Å². The predicted octanol–water partition coefficient (Wildman–Crippen LogP) is 0.853. The second-order valence-electron chi connectivity index (χ2n) is 6.98. The van der Waals surface area contributed by atoms with Crippen molar-refractivity contribution in [2.45, 2.75) is 33.2 Å². The number of hydrogen-bond acceptors (Lipinski definition) is 6. The molecule has 2 fully saturated rings. The van der Waals surface area contributed by atoms with E-state index in [0.29, 0.717) is 6.42 Å². The largest absolute Gasteiger partial charge is 0.379 e. The molecule has 0 bridgehead atoms. The molecule has 0 aliphatic carbocycles. The molecular formula is C18H29N5O2. The summed E-state index contributed by atoms with van der Waals surface area (Å²) in [4.78, 5) is 27.9. The van der Waals surface area contributed by atoms with Crippen molar-refractivity contribution in [3.63, 3.8) is 0 Å². The highest BCUT2D eigenvalue weighted by molar-refractivity contribution is 5.77. The van der Waals surface area contributed by atoms with Gasteiger partial charge in [0.05, 0.1) is 13.2 Å². The molecule has 7 heteroatoms. The molecule has 2 aliphatic rings. The summed E-state index contributed by atoms with van der Waals surface area (Å²) in [6, 6.07) is 0.279. The Bertz CT molecular complexity index is 595. The van der Waals surface area contributed by atoms with E-state index in [1.54, 1.807) is 6.33 Å². The molecule has 1 amide bonds. The molecular weight excluding hydrogens is 318 g/mol. The van der Waals surface area contributed by atoms with Crippen LogP contribution in [0.1, 0.15) is 24.6 Å². The van der Waals surface area contributed by atoms with Crippen LogP contribution in [0.2, 0.25) is 0 Å². The minimum atomic E-state index is 0.259. The summed E-state index contributed by atoms with van der Waals surface area (Å²) in [5.41, 5.74) is 2.14. The van der Waals surface area contributed by atoms with Crippen LogP contribution in [0.15, 0.2) is 6.33 Å². The van der Waals surface area contributed by atoms with Gasteiger partial charge in [0.25, 0.3) is 0 Å². The number of morpholine rings is 1. The molecule has 1 atom stereocenters. The number of rotatable bonds is 4. The zero-order valence-electron chi connectivity index (χ0n) is 15.6. The van der Waals surface area contributed by atoms with E-state index in [2.05, 4.69) is 33.6 Å². The standard InChI is InChI=1S/C18H29N5O2/c1-14(21-8-10-25-11-9-21)12-17(24)22-4-6-23(7-5-22)18-15(2)16(3)19-13-20-18/h13-14H,4-12H2,1-3H3/t14-/m0/s1. The Kier molecular flexibility index (Phi) is 5.86. The second kappa shape index (κ2) is 8.10. The third-order valence-corrected chi connectivity index (χ3v) is 5.38. The third-order valence-electron chi connectivity index (χ3n) is 5.38. The normalized spacial score (nSPS) is 20.6. The Morgan fingerprint density at radius 1 is 1.12 bits per heavy atom. The Morgan fingerprint density at radius 2 is 1.80 bits per heavy atom. The maximum absolute atomic E-state index is 12.6. The molecule has 138 valence electrons. The number of carbonyl (C=O) groups is 1. The summed E-state index contributed by atoms with van der Waals surface area (Å²) in [5.74, 6) is 1.26. The van der Waals surface area contributed by atoms with Gasteiger partial charge in [-0.05, 0) is 20.8 Å². The van der Waals surface area contributed by atoms with Crippen LogP contribution in [-0.4, -0.2) is 84.2 Å². The molecule has 25 heavy (non-hydrogen) atoms. The number of piperazine rings is 1. The minimum absolute atomic E-state index is 0.259. The molecule has 0 aromatic carbocycles. The molecule has 1 aromatic heterocycles. The highest BCUT2D eigenvalue weighted by Gasteiger charge is 2.26. The lowest BCUT2D eigenvalue weighted by Crippen LogP contribution is -2.51. The summed E-state index contributed by atoms with van der Waals surface area (Å²) >= 11 is 0. The monoisotopic (exact) mass is 347 g/mol. The molecule has 2 aliphatic heterocycles. The van der Waals surface area contributed by atoms with Crippen LogP contribution in [0.5, 0.6) is 0 Å². The van der Waals surface area contributed by atoms with E-state index < -0.39 is 0 Å². The first-order chi connectivity index (χ1) is 12.1. The maximum Gasteiger partial charge on any atom is 0.224 e. The van der Waals surface area contributed by atoms with E-state index >= 15 is 0 Å². The molecule has 3 rings (SSSR count). The van der Waals surface area contributed by atoms with Gasteiger partial charge in [-0.1, -0.05) is 0 Å². The van der Waals surface area contributed by atoms with Gasteiger partial charge in [-0.25, -0.2) is 9.97 Å². The van der Waals surface area contributed by atoms with Crippen LogP contribution in [-0.2, 0) is 9.53 Å². The van der Waals surface area contributed by atoms with Crippen LogP contribution in [0, 0.1) is 13.8 Å². The first-order valence-corrected chi connectivity index (χ1v) is 9.19. The quantitative estimate of drug-likeness (QED) is 0.805. The molecule has 0 radical (unpaired) electrons. The lowest BCUT2D eigenvalue weighted by atomic mass is 10.1. The van der Waals surface area contributed by atoms with Crippen molar-refractivity contribution in [3.8, 4) is 0 Å². The SMILES string of the molecule is Cc1ncnc(N2CCN(C(=O)C[C@H](C)N3CCOCC3)CC2)c1C. The summed E-state index contributed by atoms with van der Waals surface area (Å²) in [6.45, 7) is 12.8. The van der Waals surface area contributed by atoms with Gasteiger partial charge in [-0.2, -0.15) is 0 Å². The van der Waals surface area contributed by atoms with E-state index in [9.17, 15) is 4.79 Å². The van der Waals surface area contributed by atoms with E-state index in [1.807, 2.05) is 11.8 Å². The van der Waals surface area contributed by atoms with Crippen molar-refractivity contribution < 1.29 is 9.53 Å². The molecule has 1 aromatic rings. The lowest BCUT2D eigenvalue weighted by molar-refractivity contribution is -0.133. The fourth-order valence-electron chi connectivity index (χ4n) is 3.54. The minimum Gasteiger partial charge on any atom is -0.379 e. The predicted molar refractivity (Wildman–Crippen MR) is 96.8 cm³/mol. The molecule has 0 N–H and O–H groups in total. The Hall–Kier alpha value is -1.73. The van der Waals surface area contributed by atoms with Crippen molar-refractivity contribution in [2.24, 2.45) is 0 Å². The summed E-state index contributed by atoms with van der Waals surface area (Å²) in [5, 5.41) is 0. The van der Waals surface area contributed by atoms with Crippen LogP contribution >= 0.6 is 0 Å². The van der Waals surface area contributed by atoms with Gasteiger partial charge in [0.2, 0.25) is 5.91 Å². The maximum atomic E-state index is 12.6. The van der Waals surface area contributed by atoms with Gasteiger partial charge in [0, 0.05) is 63.0 Å². The summed E-state index contributed by atoms with van der Waals surface area (Å²) in [6.07, 6.45) is 2.21. The molecule has 0 spiro atoms. The van der Waals surface area contributed by atoms with Crippen molar-refractivity contribution in [3.05, 3.63) is 17.6 Å². The zero-order valence-corrected chi connectivity index (χ0v) is 15.6. The number of aryl methyl sites for hydroxylation is 1. The molecule has 3 heterocycles. The molecule has 0 unspecified atom stereocenters. The number of anilines is 1. The van der Waals surface area contributed by atoms with Gasteiger partial charge < -0.3 is 14.5 Å². The van der Waals surface area contributed by atoms with Crippen molar-refractivity contribution in [1.29, 1.82) is 0 Å². The van der Waals surface area contributed by atoms with Crippen LogP contribution in [0.3, 0.4) is 0 Å². The smallest absolute Gasteiger partial charge is 0.224 e. The fraction of sp³-hybridized carbons (Fsp3) is 0.722. The number of aromatic nitrogens is 2. The number of amides is 1. The van der Waals surface area contributed by atoms with Crippen molar-refractivity contribution >= 4 is 11.7 Å².